The van der Waals surface area contributed by atoms with Gasteiger partial charge in [0, 0.05) is 37.5 Å². The molecule has 2 heterocycles. The Kier molecular flexibility index (Phi) is 6.30. The van der Waals surface area contributed by atoms with Gasteiger partial charge < -0.3 is 15.1 Å². The lowest BCUT2D eigenvalue weighted by molar-refractivity contribution is -0.142. The largest absolute Gasteiger partial charge is 0.342 e. The van der Waals surface area contributed by atoms with Gasteiger partial charge in [-0.2, -0.15) is 0 Å². The van der Waals surface area contributed by atoms with Crippen molar-refractivity contribution in [3.8, 4) is 0 Å². The van der Waals surface area contributed by atoms with Gasteiger partial charge in [0.1, 0.15) is 0 Å². The summed E-state index contributed by atoms with van der Waals surface area (Å²) in [6.07, 6.45) is 3.36. The normalized spacial score (nSPS) is 18.1. The maximum atomic E-state index is 12.9. The molecule has 2 aliphatic heterocycles. The van der Waals surface area contributed by atoms with Crippen molar-refractivity contribution in [2.24, 2.45) is 11.3 Å². The fraction of sp³-hybridized carbons (Fsp3) is 0.609. The molecule has 29 heavy (non-hydrogen) atoms. The van der Waals surface area contributed by atoms with Crippen molar-refractivity contribution in [2.45, 2.75) is 53.4 Å². The fourth-order valence-corrected chi connectivity index (χ4v) is 4.15. The van der Waals surface area contributed by atoms with Crippen LogP contribution >= 0.6 is 0 Å². The van der Waals surface area contributed by atoms with E-state index >= 15 is 0 Å². The Labute approximate surface area is 173 Å². The molecule has 0 aromatic heterocycles. The number of rotatable bonds is 3. The first-order valence-corrected chi connectivity index (χ1v) is 10.7. The summed E-state index contributed by atoms with van der Waals surface area (Å²) < 4.78 is 0. The number of aryl methyl sites for hydroxylation is 1. The zero-order chi connectivity index (χ0) is 21.2. The number of carbonyl (C=O) groups is 3. The molecule has 1 N–H and O–H groups in total. The van der Waals surface area contributed by atoms with E-state index in [2.05, 4.69) is 5.32 Å². The average Bonchev–Trinajstić information content (AvgIpc) is 3.22. The number of para-hydroxylation sites is 1. The average molecular weight is 400 g/mol. The summed E-state index contributed by atoms with van der Waals surface area (Å²) in [5.74, 6) is -0.0770. The number of amides is 3. The van der Waals surface area contributed by atoms with Crippen LogP contribution in [0.15, 0.2) is 18.2 Å². The second kappa shape index (κ2) is 8.56. The van der Waals surface area contributed by atoms with Crippen molar-refractivity contribution in [1.82, 2.24) is 9.80 Å². The molecule has 1 aromatic rings. The molecule has 0 aliphatic carbocycles. The molecule has 0 bridgehead atoms. The number of piperidine rings is 1. The van der Waals surface area contributed by atoms with Crippen molar-refractivity contribution in [2.75, 3.05) is 31.5 Å². The number of likely N-dealkylation sites (tertiary alicyclic amines) is 2. The Hall–Kier alpha value is -2.37. The van der Waals surface area contributed by atoms with E-state index in [0.717, 1.165) is 31.5 Å². The lowest BCUT2D eigenvalue weighted by atomic mass is 9.90. The first-order valence-electron chi connectivity index (χ1n) is 10.7. The van der Waals surface area contributed by atoms with Gasteiger partial charge >= 0.3 is 0 Å². The molecule has 3 rings (SSSR count). The van der Waals surface area contributed by atoms with Crippen molar-refractivity contribution in [3.05, 3.63) is 29.3 Å². The lowest BCUT2D eigenvalue weighted by Crippen LogP contribution is -2.45. The molecule has 0 unspecified atom stereocenters. The van der Waals surface area contributed by atoms with Gasteiger partial charge in [0.05, 0.1) is 11.3 Å². The fourth-order valence-electron chi connectivity index (χ4n) is 4.15. The molecule has 6 heteroatoms. The number of hydrogen-bond acceptors (Lipinski definition) is 3. The number of carbonyl (C=O) groups excluding carboxylic acids is 3. The summed E-state index contributed by atoms with van der Waals surface area (Å²) in [6.45, 7) is 10.4. The minimum absolute atomic E-state index is 0.00732. The summed E-state index contributed by atoms with van der Waals surface area (Å²) in [4.78, 5) is 42.1. The SMILES string of the molecule is Cc1cccc(C(=O)N2CCCC2)c1NC(=O)C1CCN(C(=O)C(C)(C)C)CC1. The number of hydrogen-bond donors (Lipinski definition) is 1. The Morgan fingerprint density at radius 1 is 0.966 bits per heavy atom. The second-order valence-corrected chi connectivity index (χ2v) is 9.30. The van der Waals surface area contributed by atoms with Crippen LogP contribution in [-0.4, -0.2) is 53.7 Å². The van der Waals surface area contributed by atoms with Crippen molar-refractivity contribution in [3.63, 3.8) is 0 Å². The monoisotopic (exact) mass is 399 g/mol. The van der Waals surface area contributed by atoms with Crippen LogP contribution in [0, 0.1) is 18.3 Å². The van der Waals surface area contributed by atoms with Gasteiger partial charge in [-0.05, 0) is 44.2 Å². The van der Waals surface area contributed by atoms with Crippen LogP contribution in [-0.2, 0) is 9.59 Å². The van der Waals surface area contributed by atoms with Crippen molar-refractivity contribution in [1.29, 1.82) is 0 Å². The summed E-state index contributed by atoms with van der Waals surface area (Å²) in [6, 6.07) is 5.58. The third-order valence-corrected chi connectivity index (χ3v) is 5.94. The quantitative estimate of drug-likeness (QED) is 0.846. The maximum absolute atomic E-state index is 12.9. The van der Waals surface area contributed by atoms with E-state index in [1.807, 2.05) is 49.6 Å². The van der Waals surface area contributed by atoms with Gasteiger partial charge in [-0.1, -0.05) is 32.9 Å². The maximum Gasteiger partial charge on any atom is 0.255 e. The van der Waals surface area contributed by atoms with Gasteiger partial charge in [-0.3, -0.25) is 14.4 Å². The van der Waals surface area contributed by atoms with Crippen LogP contribution in [0.1, 0.15) is 62.4 Å². The zero-order valence-electron chi connectivity index (χ0n) is 18.1. The number of anilines is 1. The van der Waals surface area contributed by atoms with Crippen LogP contribution in [0.3, 0.4) is 0 Å². The highest BCUT2D eigenvalue weighted by atomic mass is 16.2. The smallest absolute Gasteiger partial charge is 0.255 e. The molecule has 0 saturated carbocycles. The summed E-state index contributed by atoms with van der Waals surface area (Å²) >= 11 is 0. The van der Waals surface area contributed by atoms with Gasteiger partial charge in [0.2, 0.25) is 11.8 Å². The molecule has 1 aromatic carbocycles. The van der Waals surface area contributed by atoms with E-state index < -0.39 is 5.41 Å². The number of nitrogens with zero attached hydrogens (tertiary/aromatic N) is 2. The minimum atomic E-state index is -0.402. The molecule has 6 nitrogen and oxygen atoms in total. The van der Waals surface area contributed by atoms with Crippen LogP contribution in [0.2, 0.25) is 0 Å². The van der Waals surface area contributed by atoms with Gasteiger partial charge in [-0.15, -0.1) is 0 Å². The van der Waals surface area contributed by atoms with Crippen LogP contribution < -0.4 is 5.32 Å². The first-order chi connectivity index (χ1) is 13.7. The molecule has 2 aliphatic rings. The van der Waals surface area contributed by atoms with E-state index in [-0.39, 0.29) is 23.6 Å². The lowest BCUT2D eigenvalue weighted by Gasteiger charge is -2.35. The van der Waals surface area contributed by atoms with E-state index in [9.17, 15) is 14.4 Å². The highest BCUT2D eigenvalue weighted by Crippen LogP contribution is 2.27. The molecular formula is C23H33N3O3. The van der Waals surface area contributed by atoms with E-state index in [1.54, 1.807) is 6.07 Å². The van der Waals surface area contributed by atoms with Crippen molar-refractivity contribution >= 4 is 23.4 Å². The molecule has 0 atom stereocenters. The Morgan fingerprint density at radius 3 is 2.17 bits per heavy atom. The Morgan fingerprint density at radius 2 is 1.59 bits per heavy atom. The van der Waals surface area contributed by atoms with Gasteiger partial charge in [0.25, 0.3) is 5.91 Å². The Bertz CT molecular complexity index is 783. The summed E-state index contributed by atoms with van der Waals surface area (Å²) in [5.41, 5.74) is 1.69. The molecule has 158 valence electrons. The molecular weight excluding hydrogens is 366 g/mol. The third kappa shape index (κ3) is 4.80. The van der Waals surface area contributed by atoms with Crippen LogP contribution in [0.25, 0.3) is 0 Å². The van der Waals surface area contributed by atoms with Crippen LogP contribution in [0.5, 0.6) is 0 Å². The highest BCUT2D eigenvalue weighted by Gasteiger charge is 2.33. The third-order valence-electron chi connectivity index (χ3n) is 5.94. The predicted molar refractivity (Wildman–Crippen MR) is 114 cm³/mol. The van der Waals surface area contributed by atoms with E-state index in [0.29, 0.717) is 37.2 Å². The Balaban J connectivity index is 1.67. The zero-order valence-corrected chi connectivity index (χ0v) is 18.1. The van der Waals surface area contributed by atoms with E-state index in [1.165, 1.54) is 0 Å². The molecule has 2 saturated heterocycles. The standard InChI is InChI=1S/C23H33N3O3/c1-16-8-7-9-18(21(28)25-12-5-6-13-25)19(16)24-20(27)17-10-14-26(15-11-17)22(29)23(2,3)4/h7-9,17H,5-6,10-15H2,1-4H3,(H,24,27). The molecule has 0 spiro atoms. The minimum Gasteiger partial charge on any atom is -0.342 e. The molecule has 3 amide bonds. The van der Waals surface area contributed by atoms with Crippen molar-refractivity contribution < 1.29 is 14.4 Å². The number of benzene rings is 1. The van der Waals surface area contributed by atoms with Gasteiger partial charge in [-0.25, -0.2) is 0 Å². The topological polar surface area (TPSA) is 69.7 Å². The summed E-state index contributed by atoms with van der Waals surface area (Å²) in [7, 11) is 0. The van der Waals surface area contributed by atoms with Crippen LogP contribution in [0.4, 0.5) is 5.69 Å². The molecule has 0 radical (unpaired) electrons. The first kappa shape index (κ1) is 21.3. The van der Waals surface area contributed by atoms with E-state index in [4.69, 9.17) is 0 Å². The van der Waals surface area contributed by atoms with Gasteiger partial charge in [0.15, 0.2) is 0 Å². The molecule has 2 fully saturated rings. The summed E-state index contributed by atoms with van der Waals surface area (Å²) in [5, 5.41) is 3.04. The second-order valence-electron chi connectivity index (χ2n) is 9.30. The highest BCUT2D eigenvalue weighted by molar-refractivity contribution is 6.05. The predicted octanol–water partition coefficient (Wildman–Crippen LogP) is 3.45. The number of nitrogens with one attached hydrogen (secondary N) is 1.